The van der Waals surface area contributed by atoms with Crippen LogP contribution in [0.15, 0.2) is 23.9 Å². The molecule has 0 saturated carbocycles. The van der Waals surface area contributed by atoms with E-state index in [9.17, 15) is 9.59 Å². The Morgan fingerprint density at radius 3 is 2.67 bits per heavy atom. The summed E-state index contributed by atoms with van der Waals surface area (Å²) in [6.07, 6.45) is 4.30. The lowest BCUT2D eigenvalue weighted by Crippen LogP contribution is -2.53. The molecule has 6 heteroatoms. The number of carbonyl (C=O) groups is 2. The monoisotopic (exact) mass is 252 g/mol. The Bertz CT molecular complexity index is 400. The standard InChI is InChI=1S/C12H16N2O4/c1-3-14-8(2)5-4-6-9(14)13-12-17-10(15)7-11(16)18-12/h4-6,9,12-13H,3,7H2,1-2H3. The van der Waals surface area contributed by atoms with E-state index < -0.39 is 18.4 Å². The molecule has 0 amide bonds. The van der Waals surface area contributed by atoms with Gasteiger partial charge >= 0.3 is 18.4 Å². The number of cyclic esters (lactones) is 2. The van der Waals surface area contributed by atoms with Gasteiger partial charge in [0, 0.05) is 12.2 Å². The lowest BCUT2D eigenvalue weighted by molar-refractivity contribution is -0.211. The van der Waals surface area contributed by atoms with Gasteiger partial charge in [0.25, 0.3) is 0 Å². The highest BCUT2D eigenvalue weighted by Gasteiger charge is 2.30. The van der Waals surface area contributed by atoms with Crippen molar-refractivity contribution in [2.24, 2.45) is 0 Å². The van der Waals surface area contributed by atoms with Crippen molar-refractivity contribution in [1.82, 2.24) is 10.2 Å². The van der Waals surface area contributed by atoms with Gasteiger partial charge in [-0.05, 0) is 26.0 Å². The SMILES string of the molecule is CCN1C(C)=CC=CC1NC1OC(=O)CC(=O)O1. The third-order valence-corrected chi connectivity index (χ3v) is 2.83. The van der Waals surface area contributed by atoms with E-state index in [1.165, 1.54) is 0 Å². The molecule has 0 spiro atoms. The molecule has 18 heavy (non-hydrogen) atoms. The van der Waals surface area contributed by atoms with E-state index in [2.05, 4.69) is 10.2 Å². The van der Waals surface area contributed by atoms with Gasteiger partial charge in [-0.15, -0.1) is 0 Å². The molecule has 0 radical (unpaired) electrons. The fraction of sp³-hybridized carbons (Fsp3) is 0.500. The number of allylic oxidation sites excluding steroid dienone is 3. The van der Waals surface area contributed by atoms with Gasteiger partial charge < -0.3 is 14.4 Å². The number of nitrogens with zero attached hydrogens (tertiary/aromatic N) is 1. The molecular weight excluding hydrogens is 236 g/mol. The molecule has 0 aromatic heterocycles. The predicted molar refractivity (Wildman–Crippen MR) is 62.8 cm³/mol. The molecule has 6 nitrogen and oxygen atoms in total. The van der Waals surface area contributed by atoms with Crippen LogP contribution in [0.1, 0.15) is 20.3 Å². The normalized spacial score (nSPS) is 24.7. The topological polar surface area (TPSA) is 67.9 Å². The Morgan fingerprint density at radius 1 is 1.39 bits per heavy atom. The maximum Gasteiger partial charge on any atom is 0.321 e. The average Bonchev–Trinajstić information content (AvgIpc) is 2.27. The van der Waals surface area contributed by atoms with E-state index in [4.69, 9.17) is 9.47 Å². The molecule has 0 aromatic rings. The van der Waals surface area contributed by atoms with Gasteiger partial charge in [0.05, 0.1) is 0 Å². The maximum absolute atomic E-state index is 11.1. The summed E-state index contributed by atoms with van der Waals surface area (Å²) in [5.41, 5.74) is 1.09. The zero-order valence-corrected chi connectivity index (χ0v) is 10.4. The molecule has 98 valence electrons. The molecular formula is C12H16N2O4. The fourth-order valence-corrected chi connectivity index (χ4v) is 1.98. The highest BCUT2D eigenvalue weighted by molar-refractivity contribution is 5.92. The van der Waals surface area contributed by atoms with Crippen LogP contribution in [0, 0.1) is 0 Å². The summed E-state index contributed by atoms with van der Waals surface area (Å²) in [4.78, 5) is 24.3. The number of ether oxygens (including phenoxy) is 2. The van der Waals surface area contributed by atoms with E-state index >= 15 is 0 Å². The molecule has 1 fully saturated rings. The van der Waals surface area contributed by atoms with E-state index in [0.717, 1.165) is 12.2 Å². The van der Waals surface area contributed by atoms with Gasteiger partial charge in [-0.1, -0.05) is 6.08 Å². The Labute approximate surface area is 105 Å². The first kappa shape index (κ1) is 12.6. The molecule has 2 rings (SSSR count). The summed E-state index contributed by atoms with van der Waals surface area (Å²) in [6.45, 7) is 4.80. The first-order valence-corrected chi connectivity index (χ1v) is 5.87. The van der Waals surface area contributed by atoms with Crippen molar-refractivity contribution >= 4 is 11.9 Å². The van der Waals surface area contributed by atoms with Gasteiger partial charge in [-0.2, -0.15) is 0 Å². The van der Waals surface area contributed by atoms with Crippen LogP contribution in [0.5, 0.6) is 0 Å². The molecule has 1 N–H and O–H groups in total. The lowest BCUT2D eigenvalue weighted by Gasteiger charge is -2.36. The number of hydrogen-bond donors (Lipinski definition) is 1. The van der Waals surface area contributed by atoms with Crippen LogP contribution in [0.4, 0.5) is 0 Å². The molecule has 1 atom stereocenters. The summed E-state index contributed by atoms with van der Waals surface area (Å²) >= 11 is 0. The van der Waals surface area contributed by atoms with Crippen LogP contribution < -0.4 is 5.32 Å². The Morgan fingerprint density at radius 2 is 2.06 bits per heavy atom. The number of rotatable bonds is 3. The quantitative estimate of drug-likeness (QED) is 0.582. The van der Waals surface area contributed by atoms with Crippen molar-refractivity contribution in [1.29, 1.82) is 0 Å². The smallest absolute Gasteiger partial charge is 0.321 e. The van der Waals surface area contributed by atoms with Crippen molar-refractivity contribution in [3.63, 3.8) is 0 Å². The van der Waals surface area contributed by atoms with E-state index in [-0.39, 0.29) is 12.6 Å². The molecule has 2 heterocycles. The van der Waals surface area contributed by atoms with Crippen LogP contribution in [0.3, 0.4) is 0 Å². The lowest BCUT2D eigenvalue weighted by atomic mass is 10.2. The van der Waals surface area contributed by atoms with Gasteiger partial charge in [0.1, 0.15) is 12.6 Å². The van der Waals surface area contributed by atoms with Crippen LogP contribution in [0.25, 0.3) is 0 Å². The largest absolute Gasteiger partial charge is 0.410 e. The Balaban J connectivity index is 2.00. The number of hydrogen-bond acceptors (Lipinski definition) is 6. The molecule has 2 aliphatic heterocycles. The third-order valence-electron chi connectivity index (χ3n) is 2.83. The third kappa shape index (κ3) is 2.70. The van der Waals surface area contributed by atoms with Crippen molar-refractivity contribution in [3.8, 4) is 0 Å². The Hall–Kier alpha value is -1.82. The summed E-state index contributed by atoms with van der Waals surface area (Å²) in [6, 6.07) is 0. The number of nitrogens with one attached hydrogen (secondary N) is 1. The van der Waals surface area contributed by atoms with Crippen LogP contribution in [-0.2, 0) is 19.1 Å². The minimum absolute atomic E-state index is 0.163. The number of likely N-dealkylation sites (N-methyl/N-ethyl adjacent to an activating group) is 1. The second-order valence-electron chi connectivity index (χ2n) is 4.08. The minimum Gasteiger partial charge on any atom is -0.410 e. The molecule has 2 aliphatic rings. The highest BCUT2D eigenvalue weighted by atomic mass is 16.7. The van der Waals surface area contributed by atoms with E-state index in [1.807, 2.05) is 32.1 Å². The predicted octanol–water partition coefficient (Wildman–Crippen LogP) is 0.471. The summed E-state index contributed by atoms with van der Waals surface area (Å²) in [5, 5.41) is 2.96. The molecule has 0 bridgehead atoms. The summed E-state index contributed by atoms with van der Waals surface area (Å²) < 4.78 is 9.83. The Kier molecular flexibility index (Phi) is 3.66. The molecule has 0 aromatic carbocycles. The fourth-order valence-electron chi connectivity index (χ4n) is 1.98. The van der Waals surface area contributed by atoms with Gasteiger partial charge in [0.2, 0.25) is 0 Å². The zero-order chi connectivity index (χ0) is 13.1. The average molecular weight is 252 g/mol. The van der Waals surface area contributed by atoms with Gasteiger partial charge in [-0.25, -0.2) is 5.32 Å². The van der Waals surface area contributed by atoms with Crippen molar-refractivity contribution < 1.29 is 19.1 Å². The van der Waals surface area contributed by atoms with Crippen LogP contribution >= 0.6 is 0 Å². The number of carbonyl (C=O) groups excluding carboxylic acids is 2. The highest BCUT2D eigenvalue weighted by Crippen LogP contribution is 2.15. The van der Waals surface area contributed by atoms with Gasteiger partial charge in [-0.3, -0.25) is 9.59 Å². The summed E-state index contributed by atoms with van der Waals surface area (Å²) in [7, 11) is 0. The summed E-state index contributed by atoms with van der Waals surface area (Å²) in [5.74, 6) is -1.14. The van der Waals surface area contributed by atoms with E-state index in [1.54, 1.807) is 0 Å². The second-order valence-corrected chi connectivity index (χ2v) is 4.08. The second kappa shape index (κ2) is 5.22. The van der Waals surface area contributed by atoms with Crippen molar-refractivity contribution in [2.45, 2.75) is 32.8 Å². The minimum atomic E-state index is -1.02. The van der Waals surface area contributed by atoms with Crippen LogP contribution in [-0.4, -0.2) is 36.0 Å². The first-order valence-electron chi connectivity index (χ1n) is 5.87. The van der Waals surface area contributed by atoms with Crippen molar-refractivity contribution in [3.05, 3.63) is 23.9 Å². The molecule has 1 unspecified atom stereocenters. The van der Waals surface area contributed by atoms with E-state index in [0.29, 0.717) is 0 Å². The van der Waals surface area contributed by atoms with Crippen LogP contribution in [0.2, 0.25) is 0 Å². The molecule has 0 aliphatic carbocycles. The van der Waals surface area contributed by atoms with Gasteiger partial charge in [0.15, 0.2) is 0 Å². The molecule has 1 saturated heterocycles. The number of esters is 2. The van der Waals surface area contributed by atoms with Crippen molar-refractivity contribution in [2.75, 3.05) is 6.54 Å². The first-order chi connectivity index (χ1) is 8.60. The zero-order valence-electron chi connectivity index (χ0n) is 10.4. The maximum atomic E-state index is 11.1.